The second-order valence-electron chi connectivity index (χ2n) is 11.1. The molecular formula is C28H40N4O4. The van der Waals surface area contributed by atoms with Crippen molar-refractivity contribution in [2.45, 2.75) is 64.0 Å². The molecule has 0 bridgehead atoms. The number of fused-ring (bicyclic) bond motifs is 1. The third-order valence-corrected chi connectivity index (χ3v) is 8.77. The first-order chi connectivity index (χ1) is 17.4. The molecule has 1 aliphatic carbocycles. The van der Waals surface area contributed by atoms with Gasteiger partial charge in [0.25, 0.3) is 0 Å². The molecule has 4 atom stereocenters. The number of hydrogen-bond donors (Lipinski definition) is 1. The first-order valence-corrected chi connectivity index (χ1v) is 13.7. The molecule has 0 spiro atoms. The number of benzene rings is 1. The molecule has 4 aliphatic rings. The molecule has 3 heterocycles. The lowest BCUT2D eigenvalue weighted by Crippen LogP contribution is -2.47. The molecule has 2 N–H and O–H groups in total. The van der Waals surface area contributed by atoms with Crippen LogP contribution in [0.5, 0.6) is 0 Å². The Labute approximate surface area is 214 Å². The van der Waals surface area contributed by atoms with Gasteiger partial charge in [0.2, 0.25) is 11.8 Å². The Morgan fingerprint density at radius 3 is 2.53 bits per heavy atom. The second kappa shape index (κ2) is 10.5. The zero-order valence-corrected chi connectivity index (χ0v) is 21.7. The van der Waals surface area contributed by atoms with Gasteiger partial charge >= 0.3 is 0 Å². The lowest BCUT2D eigenvalue weighted by Gasteiger charge is -2.37. The summed E-state index contributed by atoms with van der Waals surface area (Å²) < 4.78 is 5.75. The Morgan fingerprint density at radius 2 is 1.86 bits per heavy atom. The summed E-state index contributed by atoms with van der Waals surface area (Å²) in [6.45, 7) is 9.77. The number of ether oxygens (including phenoxy) is 1. The molecule has 196 valence electrons. The molecule has 36 heavy (non-hydrogen) atoms. The van der Waals surface area contributed by atoms with Crippen molar-refractivity contribution in [1.82, 2.24) is 9.80 Å². The fourth-order valence-corrected chi connectivity index (χ4v) is 6.95. The summed E-state index contributed by atoms with van der Waals surface area (Å²) in [7, 11) is 0. The summed E-state index contributed by atoms with van der Waals surface area (Å²) in [6, 6.07) is 5.31. The number of nitrogens with zero attached hydrogens (tertiary/aromatic N) is 3. The van der Waals surface area contributed by atoms with Gasteiger partial charge in [0, 0.05) is 49.9 Å². The molecule has 4 fully saturated rings. The summed E-state index contributed by atoms with van der Waals surface area (Å²) >= 11 is 0. The van der Waals surface area contributed by atoms with E-state index >= 15 is 0 Å². The molecule has 0 unspecified atom stereocenters. The number of anilines is 1. The van der Waals surface area contributed by atoms with Crippen LogP contribution in [0.1, 0.15) is 67.8 Å². The maximum Gasteiger partial charge on any atom is 0.249 e. The molecule has 3 saturated heterocycles. The maximum absolute atomic E-state index is 14.3. The van der Waals surface area contributed by atoms with Crippen molar-refractivity contribution in [2.24, 2.45) is 17.6 Å². The summed E-state index contributed by atoms with van der Waals surface area (Å²) in [5.41, 5.74) is 8.05. The van der Waals surface area contributed by atoms with Crippen molar-refractivity contribution in [3.63, 3.8) is 0 Å². The summed E-state index contributed by atoms with van der Waals surface area (Å²) in [5, 5.41) is 0. The van der Waals surface area contributed by atoms with E-state index in [4.69, 9.17) is 10.5 Å². The highest BCUT2D eigenvalue weighted by Gasteiger charge is 2.52. The second-order valence-corrected chi connectivity index (χ2v) is 11.1. The van der Waals surface area contributed by atoms with Gasteiger partial charge in [0.05, 0.1) is 12.0 Å². The van der Waals surface area contributed by atoms with Crippen molar-refractivity contribution in [1.29, 1.82) is 0 Å². The monoisotopic (exact) mass is 496 g/mol. The zero-order chi connectivity index (χ0) is 25.4. The largest absolute Gasteiger partial charge is 0.369 e. The van der Waals surface area contributed by atoms with E-state index in [1.165, 1.54) is 0 Å². The predicted octanol–water partition coefficient (Wildman–Crippen LogP) is 2.41. The van der Waals surface area contributed by atoms with Crippen LogP contribution in [-0.2, 0) is 14.3 Å². The molecule has 5 rings (SSSR count). The molecule has 0 radical (unpaired) electrons. The molecular weight excluding hydrogens is 456 g/mol. The molecule has 8 nitrogen and oxygen atoms in total. The number of piperazine rings is 1. The standard InChI is InChI=1S/C28H40N4O4/c1-3-10-30-11-13-31(14-12-30)20-8-9-21(27(29)34)22(15-20)24(19-6-4-5-7-19)28(35)32-16-18(2)26-25(32)23(33)17-36-26/h8-9,15,18-19,24-26H,3-7,10-14,16-17H2,1-2H3,(H2,29,34)/t18-,24+,25-,26-/m1/s1. The fraction of sp³-hybridized carbons (Fsp3) is 0.679. The number of carbonyl (C=O) groups excluding carboxylic acids is 3. The van der Waals surface area contributed by atoms with E-state index in [1.807, 2.05) is 19.1 Å². The van der Waals surface area contributed by atoms with Gasteiger partial charge in [-0.05, 0) is 55.5 Å². The highest BCUT2D eigenvalue weighted by atomic mass is 16.5. The van der Waals surface area contributed by atoms with E-state index < -0.39 is 17.9 Å². The van der Waals surface area contributed by atoms with Crippen molar-refractivity contribution in [2.75, 3.05) is 50.8 Å². The Morgan fingerprint density at radius 1 is 1.14 bits per heavy atom. The molecule has 2 amide bonds. The third-order valence-electron chi connectivity index (χ3n) is 8.77. The van der Waals surface area contributed by atoms with Gasteiger partial charge in [0.15, 0.2) is 5.78 Å². The van der Waals surface area contributed by atoms with Crippen LogP contribution in [-0.4, -0.2) is 85.4 Å². The van der Waals surface area contributed by atoms with Crippen LogP contribution in [0.25, 0.3) is 0 Å². The zero-order valence-electron chi connectivity index (χ0n) is 21.7. The van der Waals surface area contributed by atoms with Gasteiger partial charge in [-0.2, -0.15) is 0 Å². The number of rotatable bonds is 7. The number of carbonyl (C=O) groups is 3. The van der Waals surface area contributed by atoms with E-state index in [-0.39, 0.29) is 36.2 Å². The fourth-order valence-electron chi connectivity index (χ4n) is 6.95. The number of hydrogen-bond acceptors (Lipinski definition) is 6. The van der Waals surface area contributed by atoms with Crippen molar-refractivity contribution >= 4 is 23.3 Å². The van der Waals surface area contributed by atoms with Gasteiger partial charge < -0.3 is 20.3 Å². The Balaban J connectivity index is 1.49. The third kappa shape index (κ3) is 4.65. The van der Waals surface area contributed by atoms with Crippen LogP contribution in [0.2, 0.25) is 0 Å². The molecule has 8 heteroatoms. The van der Waals surface area contributed by atoms with Gasteiger partial charge in [-0.25, -0.2) is 0 Å². The van der Waals surface area contributed by atoms with Crippen molar-refractivity contribution < 1.29 is 19.1 Å². The minimum Gasteiger partial charge on any atom is -0.369 e. The minimum atomic E-state index is -0.511. The molecule has 1 aromatic carbocycles. The van der Waals surface area contributed by atoms with Crippen LogP contribution in [0, 0.1) is 11.8 Å². The number of nitrogens with two attached hydrogens (primary N) is 1. The quantitative estimate of drug-likeness (QED) is 0.623. The highest BCUT2D eigenvalue weighted by molar-refractivity contribution is 5.99. The van der Waals surface area contributed by atoms with Gasteiger partial charge in [-0.3, -0.25) is 19.3 Å². The Hall–Kier alpha value is -2.45. The van der Waals surface area contributed by atoms with Gasteiger partial charge in [-0.15, -0.1) is 0 Å². The lowest BCUT2D eigenvalue weighted by molar-refractivity contribution is -0.138. The summed E-state index contributed by atoms with van der Waals surface area (Å²) in [6.07, 6.45) is 4.94. The van der Waals surface area contributed by atoms with Crippen LogP contribution in [0.15, 0.2) is 18.2 Å². The van der Waals surface area contributed by atoms with Gasteiger partial charge in [-0.1, -0.05) is 26.7 Å². The van der Waals surface area contributed by atoms with E-state index in [0.717, 1.165) is 76.1 Å². The van der Waals surface area contributed by atoms with Crippen molar-refractivity contribution in [3.8, 4) is 0 Å². The average Bonchev–Trinajstić information content (AvgIpc) is 3.60. The number of likely N-dealkylation sites (tertiary alicyclic amines) is 1. The van der Waals surface area contributed by atoms with Crippen LogP contribution < -0.4 is 10.6 Å². The molecule has 1 saturated carbocycles. The van der Waals surface area contributed by atoms with E-state index in [9.17, 15) is 14.4 Å². The van der Waals surface area contributed by atoms with E-state index in [2.05, 4.69) is 16.7 Å². The average molecular weight is 497 g/mol. The van der Waals surface area contributed by atoms with Crippen LogP contribution in [0.4, 0.5) is 5.69 Å². The number of ketones is 1. The van der Waals surface area contributed by atoms with Gasteiger partial charge in [0.1, 0.15) is 12.6 Å². The van der Waals surface area contributed by atoms with Crippen molar-refractivity contribution in [3.05, 3.63) is 29.3 Å². The number of primary amides is 1. The van der Waals surface area contributed by atoms with E-state index in [0.29, 0.717) is 12.1 Å². The highest BCUT2D eigenvalue weighted by Crippen LogP contribution is 2.43. The topological polar surface area (TPSA) is 96.2 Å². The van der Waals surface area contributed by atoms with E-state index in [1.54, 1.807) is 11.0 Å². The minimum absolute atomic E-state index is 0.0169. The van der Waals surface area contributed by atoms with Crippen LogP contribution >= 0.6 is 0 Å². The number of Topliss-reactive ketones (excluding diaryl/α,β-unsaturated/α-hetero) is 1. The summed E-state index contributed by atoms with van der Waals surface area (Å²) in [5.74, 6) is -0.803. The maximum atomic E-state index is 14.3. The summed E-state index contributed by atoms with van der Waals surface area (Å²) in [4.78, 5) is 46.2. The molecule has 1 aromatic rings. The molecule has 0 aromatic heterocycles. The SMILES string of the molecule is CCCN1CCN(c2ccc(C(N)=O)c([C@@H](C(=O)N3C[C@@H](C)[C@H]4OCC(=O)[C@H]43)C3CCCC3)c2)CC1. The smallest absolute Gasteiger partial charge is 0.249 e. The first-order valence-electron chi connectivity index (χ1n) is 13.7. The Kier molecular flexibility index (Phi) is 7.35. The first kappa shape index (κ1) is 25.2. The normalized spacial score (nSPS) is 28.1. The lowest BCUT2D eigenvalue weighted by atomic mass is 9.80. The van der Waals surface area contributed by atoms with Crippen LogP contribution in [0.3, 0.4) is 0 Å². The predicted molar refractivity (Wildman–Crippen MR) is 138 cm³/mol. The Bertz CT molecular complexity index is 999. The number of amides is 2. The molecule has 3 aliphatic heterocycles.